The molecule has 0 saturated heterocycles. The maximum absolute atomic E-state index is 7.96. The molecular weight excluding hydrogens is 1180 g/mol. The molecule has 0 atom stereocenters. The zero-order chi connectivity index (χ0) is 68.1. The summed E-state index contributed by atoms with van der Waals surface area (Å²) in [7, 11) is 9.23. The van der Waals surface area contributed by atoms with Crippen LogP contribution < -0.4 is 23.7 Å². The van der Waals surface area contributed by atoms with Crippen molar-refractivity contribution in [1.29, 1.82) is 0 Å². The van der Waals surface area contributed by atoms with Crippen molar-refractivity contribution >= 4 is 0 Å². The molecule has 10 heteroatoms. The SMILES string of the molecule is COc1c2cc(C(C)(C)C)cc1C(OC1CCCC1)c1cc(C(C)(C)C)cc(c1OC)C(OC1CCCC1)c1cc(C(C)(C)C)cc(c1OC)C(OC1CCCC1)c1cc(C(C)(C)C)cc(c1OC)C(OC1CCCC1)c1cc(C(C)(C)C)cc(c1OC)C2OC1CCCC1. The van der Waals surface area contributed by atoms with Gasteiger partial charge in [-0.2, -0.15) is 0 Å². The minimum Gasteiger partial charge on any atom is -0.496 e. The van der Waals surface area contributed by atoms with Crippen LogP contribution in [0.5, 0.6) is 28.7 Å². The Bertz CT molecular complexity index is 2800. The Morgan fingerprint density at radius 2 is 0.326 bits per heavy atom. The van der Waals surface area contributed by atoms with E-state index in [9.17, 15) is 0 Å². The first-order chi connectivity index (χ1) is 45.0. The van der Waals surface area contributed by atoms with Crippen LogP contribution in [0.2, 0.25) is 0 Å². The molecule has 5 aromatic carbocycles. The smallest absolute Gasteiger partial charge is 0.131 e. The van der Waals surface area contributed by atoms with Crippen molar-refractivity contribution in [3.05, 3.63) is 144 Å². The zero-order valence-electron chi connectivity index (χ0n) is 62.3. The van der Waals surface area contributed by atoms with Crippen molar-refractivity contribution in [3.8, 4) is 28.7 Å². The van der Waals surface area contributed by atoms with Crippen LogP contribution in [0.1, 0.15) is 346 Å². The van der Waals surface area contributed by atoms with Crippen molar-refractivity contribution < 1.29 is 47.4 Å². The first kappa shape index (κ1) is 71.2. The summed E-state index contributed by atoms with van der Waals surface area (Å²) in [5.41, 5.74) is 13.4. The minimum absolute atomic E-state index is 0.0155. The lowest BCUT2D eigenvalue weighted by Crippen LogP contribution is -2.25. The number of hydrogen-bond donors (Lipinski definition) is 0. The monoisotopic (exact) mass is 1300 g/mol. The first-order valence-corrected chi connectivity index (χ1v) is 36.9. The quantitative estimate of drug-likeness (QED) is 0.101. The summed E-state index contributed by atoms with van der Waals surface area (Å²) in [6.07, 6.45) is 17.2. The lowest BCUT2D eigenvalue weighted by atomic mass is 9.77. The van der Waals surface area contributed by atoms with Gasteiger partial charge >= 0.3 is 0 Å². The van der Waals surface area contributed by atoms with E-state index in [0.29, 0.717) is 0 Å². The van der Waals surface area contributed by atoms with Crippen LogP contribution in [0.3, 0.4) is 0 Å². The predicted octanol–water partition coefficient (Wildman–Crippen LogP) is 21.8. The Hall–Kier alpha value is -5.10. The van der Waals surface area contributed by atoms with Gasteiger partial charge in [-0.3, -0.25) is 0 Å². The molecule has 0 heterocycles. The summed E-state index contributed by atoms with van der Waals surface area (Å²) >= 11 is 0. The normalized spacial score (nSPS) is 22.4. The molecule has 6 aliphatic carbocycles. The summed E-state index contributed by atoms with van der Waals surface area (Å²) in [6, 6.07) is 23.8. The van der Waals surface area contributed by atoms with Gasteiger partial charge in [0.1, 0.15) is 59.3 Å². The standard InChI is InChI=1S/C85H120O10/c1-81(2,3)51-41-61-71(86-16)62(42-51)77(92-57-33-23-24-34-57)64-44-53(83(7,8)9)46-66(73(64)88-18)79(94-59-37-27-28-38-59)68-48-55(85(13,14)15)50-70(75(68)90-20)80(95-60-39-29-30-40-60)69-49-54(84(10,11)12)47-67(74(69)89-19)78(93-58-35-25-26-36-58)65-45-52(82(4,5)6)43-63(72(65)87-17)76(61)91-56-31-21-22-32-56/h41-50,56-60,76-80H,21-40H2,1-20H3. The van der Waals surface area contributed by atoms with Crippen LogP contribution in [0, 0.1) is 0 Å². The fourth-order valence-corrected chi connectivity index (χ4v) is 16.3. The van der Waals surface area contributed by atoms with Crippen LogP contribution in [-0.2, 0) is 50.8 Å². The number of ether oxygens (including phenoxy) is 10. The third-order valence-corrected chi connectivity index (χ3v) is 22.1. The summed E-state index contributed by atoms with van der Waals surface area (Å²) in [5, 5.41) is 0. The molecule has 0 aromatic heterocycles. The highest BCUT2D eigenvalue weighted by atomic mass is 16.5. The Kier molecular flexibility index (Phi) is 21.5. The fourth-order valence-electron chi connectivity index (χ4n) is 16.3. The molecule has 5 fully saturated rings. The topological polar surface area (TPSA) is 92.3 Å². The molecule has 0 unspecified atom stereocenters. The highest BCUT2D eigenvalue weighted by Gasteiger charge is 2.43. The molecule has 11 rings (SSSR count). The van der Waals surface area contributed by atoms with E-state index in [2.05, 4.69) is 165 Å². The van der Waals surface area contributed by atoms with Gasteiger partial charge in [-0.15, -0.1) is 0 Å². The highest BCUT2D eigenvalue weighted by Crippen LogP contribution is 2.57. The molecule has 0 N–H and O–H groups in total. The molecule has 10 bridgehead atoms. The van der Waals surface area contributed by atoms with Crippen LogP contribution >= 0.6 is 0 Å². The second-order valence-electron chi connectivity index (χ2n) is 34.3. The van der Waals surface area contributed by atoms with Gasteiger partial charge in [-0.05, 0) is 180 Å². The maximum Gasteiger partial charge on any atom is 0.131 e. The molecule has 95 heavy (non-hydrogen) atoms. The van der Waals surface area contributed by atoms with Crippen LogP contribution in [0.4, 0.5) is 0 Å². The third-order valence-electron chi connectivity index (χ3n) is 22.1. The van der Waals surface area contributed by atoms with Gasteiger partial charge < -0.3 is 47.4 Å². The van der Waals surface area contributed by atoms with E-state index in [4.69, 9.17) is 47.4 Å². The molecule has 5 saturated carbocycles. The molecule has 0 aliphatic heterocycles. The number of hydrogen-bond acceptors (Lipinski definition) is 10. The van der Waals surface area contributed by atoms with Crippen molar-refractivity contribution in [2.45, 2.75) is 320 Å². The average Bonchev–Trinajstić information content (AvgIpc) is 1.48. The van der Waals surface area contributed by atoms with E-state index in [1.54, 1.807) is 0 Å². The van der Waals surface area contributed by atoms with Crippen molar-refractivity contribution in [2.75, 3.05) is 35.5 Å². The Labute approximate surface area is 573 Å². The molecule has 5 aromatic rings. The number of fused-ring (bicyclic) bond motifs is 10. The Balaban J connectivity index is 1.39. The lowest BCUT2D eigenvalue weighted by Gasteiger charge is -2.36. The Morgan fingerprint density at radius 1 is 0.211 bits per heavy atom. The maximum atomic E-state index is 7.96. The van der Waals surface area contributed by atoms with Gasteiger partial charge in [-0.1, -0.05) is 168 Å². The first-order valence-electron chi connectivity index (χ1n) is 36.9. The van der Waals surface area contributed by atoms with Gasteiger partial charge in [0.15, 0.2) is 0 Å². The van der Waals surface area contributed by atoms with Gasteiger partial charge in [0.2, 0.25) is 0 Å². The van der Waals surface area contributed by atoms with Crippen LogP contribution in [0.25, 0.3) is 0 Å². The molecule has 6 aliphatic rings. The summed E-state index contributed by atoms with van der Waals surface area (Å²) in [6.45, 7) is 34.8. The third kappa shape index (κ3) is 15.2. The minimum atomic E-state index is -0.658. The number of methoxy groups -OCH3 is 5. The molecular formula is C85H120O10. The molecule has 0 radical (unpaired) electrons. The summed E-state index contributed by atoms with van der Waals surface area (Å²) in [5.74, 6) is 3.64. The van der Waals surface area contributed by atoms with E-state index in [0.717, 1.165) is 241 Å². The second-order valence-corrected chi connectivity index (χ2v) is 34.3. The predicted molar refractivity (Wildman–Crippen MR) is 384 cm³/mol. The van der Waals surface area contributed by atoms with Crippen LogP contribution in [-0.4, -0.2) is 66.1 Å². The molecule has 0 spiro atoms. The van der Waals surface area contributed by atoms with Gasteiger partial charge in [0, 0.05) is 55.6 Å². The van der Waals surface area contributed by atoms with E-state index < -0.39 is 30.5 Å². The van der Waals surface area contributed by atoms with Gasteiger partial charge in [0.05, 0.1) is 66.1 Å². The van der Waals surface area contributed by atoms with Crippen molar-refractivity contribution in [1.82, 2.24) is 0 Å². The van der Waals surface area contributed by atoms with Crippen LogP contribution in [0.15, 0.2) is 60.7 Å². The van der Waals surface area contributed by atoms with Gasteiger partial charge in [0.25, 0.3) is 0 Å². The molecule has 520 valence electrons. The van der Waals surface area contributed by atoms with Gasteiger partial charge in [-0.25, -0.2) is 0 Å². The van der Waals surface area contributed by atoms with E-state index in [1.807, 2.05) is 35.5 Å². The Morgan fingerprint density at radius 3 is 0.421 bits per heavy atom. The lowest BCUT2D eigenvalue weighted by molar-refractivity contribution is 0.00201. The number of benzene rings is 5. The second kappa shape index (κ2) is 28.6. The summed E-state index contributed by atoms with van der Waals surface area (Å²) in [4.78, 5) is 0. The fraction of sp³-hybridized carbons (Fsp3) is 0.647. The average molecular weight is 1300 g/mol. The summed E-state index contributed by atoms with van der Waals surface area (Å²) < 4.78 is 75.7. The highest BCUT2D eigenvalue weighted by molar-refractivity contribution is 5.64. The van der Waals surface area contributed by atoms with E-state index in [-0.39, 0.29) is 57.6 Å². The molecule has 0 amide bonds. The molecule has 10 nitrogen and oxygen atoms in total. The van der Waals surface area contributed by atoms with Crippen molar-refractivity contribution in [3.63, 3.8) is 0 Å². The zero-order valence-corrected chi connectivity index (χ0v) is 62.3. The largest absolute Gasteiger partial charge is 0.496 e. The van der Waals surface area contributed by atoms with E-state index in [1.165, 1.54) is 0 Å². The van der Waals surface area contributed by atoms with E-state index >= 15 is 0 Å². The number of rotatable bonds is 15. The van der Waals surface area contributed by atoms with Crippen molar-refractivity contribution in [2.24, 2.45) is 0 Å².